The average Bonchev–Trinajstić information content (AvgIpc) is 2.66. The third-order valence-electron chi connectivity index (χ3n) is 3.12. The Morgan fingerprint density at radius 3 is 2.79 bits per heavy atom. The van der Waals surface area contributed by atoms with Crippen LogP contribution in [0.1, 0.15) is 5.82 Å². The van der Waals surface area contributed by atoms with Crippen LogP contribution in [0.5, 0.6) is 0 Å². The number of benzene rings is 1. The van der Waals surface area contributed by atoms with Gasteiger partial charge in [-0.15, -0.1) is 0 Å². The molecule has 0 saturated carbocycles. The molecule has 5 nitrogen and oxygen atoms in total. The molecule has 2 N–H and O–H groups in total. The first-order chi connectivity index (χ1) is 9.08. The zero-order valence-electron chi connectivity index (χ0n) is 11.8. The smallest absolute Gasteiger partial charge is 0.123 e. The Bertz CT molecular complexity index is 535. The van der Waals surface area contributed by atoms with Crippen LogP contribution in [0.2, 0.25) is 0 Å². The summed E-state index contributed by atoms with van der Waals surface area (Å²) in [5.74, 6) is 0.984. The molecule has 2 rings (SSSR count). The lowest BCUT2D eigenvalue weighted by Gasteiger charge is -2.16. The van der Waals surface area contributed by atoms with Gasteiger partial charge in [0, 0.05) is 20.1 Å². The van der Waals surface area contributed by atoms with Crippen molar-refractivity contribution in [3.8, 4) is 0 Å². The van der Waals surface area contributed by atoms with Gasteiger partial charge in [-0.2, -0.15) is 0 Å². The molecular weight excluding hydrogens is 240 g/mol. The van der Waals surface area contributed by atoms with Gasteiger partial charge in [0.25, 0.3) is 0 Å². The molecule has 1 unspecified atom stereocenters. The molecule has 2 aromatic rings. The summed E-state index contributed by atoms with van der Waals surface area (Å²) < 4.78 is 2.08. The highest BCUT2D eigenvalue weighted by Crippen LogP contribution is 2.13. The summed E-state index contributed by atoms with van der Waals surface area (Å²) in [6.45, 7) is 1.90. The molecular formula is C14H22N4O. The Kier molecular flexibility index (Phi) is 4.52. The van der Waals surface area contributed by atoms with Gasteiger partial charge >= 0.3 is 0 Å². The molecule has 0 amide bonds. The molecule has 0 aliphatic rings. The summed E-state index contributed by atoms with van der Waals surface area (Å²) in [7, 11) is 5.92. The first-order valence-electron chi connectivity index (χ1n) is 6.52. The van der Waals surface area contributed by atoms with Crippen LogP contribution in [0, 0.1) is 0 Å². The topological polar surface area (TPSA) is 53.3 Å². The van der Waals surface area contributed by atoms with Crippen molar-refractivity contribution < 1.29 is 5.11 Å². The SMILES string of the molecule is CN(C)CC(O)CNCc1nc2ccccc2n1C. The number of hydrogen-bond acceptors (Lipinski definition) is 4. The van der Waals surface area contributed by atoms with Gasteiger partial charge in [-0.05, 0) is 26.2 Å². The highest BCUT2D eigenvalue weighted by Gasteiger charge is 2.08. The minimum atomic E-state index is -0.357. The van der Waals surface area contributed by atoms with Crippen molar-refractivity contribution in [3.63, 3.8) is 0 Å². The number of likely N-dealkylation sites (N-methyl/N-ethyl adjacent to an activating group) is 1. The fourth-order valence-electron chi connectivity index (χ4n) is 2.19. The van der Waals surface area contributed by atoms with Crippen LogP contribution in [0.25, 0.3) is 11.0 Å². The van der Waals surface area contributed by atoms with Crippen molar-refractivity contribution in [3.05, 3.63) is 30.1 Å². The van der Waals surface area contributed by atoms with Crippen LogP contribution in [0.3, 0.4) is 0 Å². The number of nitrogens with zero attached hydrogens (tertiary/aromatic N) is 3. The number of aliphatic hydroxyl groups excluding tert-OH is 1. The van der Waals surface area contributed by atoms with E-state index in [0.717, 1.165) is 16.9 Å². The quantitative estimate of drug-likeness (QED) is 0.800. The molecule has 1 aromatic heterocycles. The first-order valence-corrected chi connectivity index (χ1v) is 6.52. The van der Waals surface area contributed by atoms with E-state index in [4.69, 9.17) is 0 Å². The van der Waals surface area contributed by atoms with Crippen molar-refractivity contribution in [1.82, 2.24) is 19.8 Å². The summed E-state index contributed by atoms with van der Waals surface area (Å²) in [6.07, 6.45) is -0.357. The lowest BCUT2D eigenvalue weighted by molar-refractivity contribution is 0.134. The van der Waals surface area contributed by atoms with Crippen LogP contribution in [-0.2, 0) is 13.6 Å². The molecule has 0 bridgehead atoms. The Balaban J connectivity index is 1.93. The van der Waals surface area contributed by atoms with Crippen LogP contribution >= 0.6 is 0 Å². The van der Waals surface area contributed by atoms with Crippen LogP contribution < -0.4 is 5.32 Å². The van der Waals surface area contributed by atoms with Gasteiger partial charge in [0.2, 0.25) is 0 Å². The average molecular weight is 262 g/mol. The van der Waals surface area contributed by atoms with E-state index in [-0.39, 0.29) is 6.10 Å². The van der Waals surface area contributed by atoms with E-state index in [1.54, 1.807) is 0 Å². The van der Waals surface area contributed by atoms with Crippen molar-refractivity contribution in [2.45, 2.75) is 12.6 Å². The number of nitrogens with one attached hydrogen (secondary N) is 1. The summed E-state index contributed by atoms with van der Waals surface area (Å²) in [5, 5.41) is 13.0. The highest BCUT2D eigenvalue weighted by molar-refractivity contribution is 5.75. The fourth-order valence-corrected chi connectivity index (χ4v) is 2.19. The number of fused-ring (bicyclic) bond motifs is 1. The van der Waals surface area contributed by atoms with E-state index >= 15 is 0 Å². The van der Waals surface area contributed by atoms with E-state index < -0.39 is 0 Å². The molecule has 0 saturated heterocycles. The van der Waals surface area contributed by atoms with Gasteiger partial charge in [-0.3, -0.25) is 0 Å². The molecule has 1 atom stereocenters. The van der Waals surface area contributed by atoms with E-state index in [0.29, 0.717) is 19.6 Å². The number of hydrogen-bond donors (Lipinski definition) is 2. The van der Waals surface area contributed by atoms with Gasteiger partial charge in [0.1, 0.15) is 5.82 Å². The van der Waals surface area contributed by atoms with Gasteiger partial charge in [-0.25, -0.2) is 4.98 Å². The largest absolute Gasteiger partial charge is 0.390 e. The Hall–Kier alpha value is -1.43. The summed E-state index contributed by atoms with van der Waals surface area (Å²) in [6, 6.07) is 8.09. The predicted molar refractivity (Wildman–Crippen MR) is 77.0 cm³/mol. The van der Waals surface area contributed by atoms with Gasteiger partial charge in [-0.1, -0.05) is 12.1 Å². The van der Waals surface area contributed by atoms with Crippen molar-refractivity contribution >= 4 is 11.0 Å². The molecule has 1 heterocycles. The third-order valence-corrected chi connectivity index (χ3v) is 3.12. The predicted octanol–water partition coefficient (Wildman–Crippen LogP) is 0.585. The lowest BCUT2D eigenvalue weighted by Crippen LogP contribution is -2.35. The molecule has 1 aromatic carbocycles. The second-order valence-electron chi connectivity index (χ2n) is 5.12. The number of aliphatic hydroxyl groups is 1. The Morgan fingerprint density at radius 1 is 1.37 bits per heavy atom. The van der Waals surface area contributed by atoms with E-state index in [1.807, 2.05) is 44.2 Å². The molecule has 0 aliphatic carbocycles. The van der Waals surface area contributed by atoms with Crippen molar-refractivity contribution in [1.29, 1.82) is 0 Å². The first kappa shape index (κ1) is 14.0. The number of para-hydroxylation sites is 2. The maximum Gasteiger partial charge on any atom is 0.123 e. The summed E-state index contributed by atoms with van der Waals surface area (Å²) >= 11 is 0. The summed E-state index contributed by atoms with van der Waals surface area (Å²) in [5.41, 5.74) is 2.14. The highest BCUT2D eigenvalue weighted by atomic mass is 16.3. The van der Waals surface area contributed by atoms with Crippen LogP contribution in [-0.4, -0.2) is 52.8 Å². The zero-order valence-corrected chi connectivity index (χ0v) is 11.8. The maximum absolute atomic E-state index is 9.78. The zero-order chi connectivity index (χ0) is 13.8. The van der Waals surface area contributed by atoms with Gasteiger partial charge in [0.05, 0.1) is 23.7 Å². The second-order valence-corrected chi connectivity index (χ2v) is 5.12. The molecule has 19 heavy (non-hydrogen) atoms. The Morgan fingerprint density at radius 2 is 2.11 bits per heavy atom. The Labute approximate surface area is 113 Å². The minimum absolute atomic E-state index is 0.357. The molecule has 104 valence electrons. The molecule has 5 heteroatoms. The normalized spacial score (nSPS) is 13.3. The number of imidazole rings is 1. The fraction of sp³-hybridized carbons (Fsp3) is 0.500. The number of rotatable bonds is 6. The third kappa shape index (κ3) is 3.53. The standard InChI is InChI=1S/C14H22N4O/c1-17(2)10-11(19)8-15-9-14-16-12-6-4-5-7-13(12)18(14)3/h4-7,11,15,19H,8-10H2,1-3H3. The lowest BCUT2D eigenvalue weighted by atomic mass is 10.3. The molecule has 0 aliphatic heterocycles. The van der Waals surface area contributed by atoms with E-state index in [9.17, 15) is 5.11 Å². The van der Waals surface area contributed by atoms with Crippen molar-refractivity contribution in [2.75, 3.05) is 27.2 Å². The summed E-state index contributed by atoms with van der Waals surface area (Å²) in [4.78, 5) is 6.55. The number of aryl methyl sites for hydroxylation is 1. The molecule has 0 fully saturated rings. The van der Waals surface area contributed by atoms with Gasteiger partial charge in [0.15, 0.2) is 0 Å². The van der Waals surface area contributed by atoms with E-state index in [1.165, 1.54) is 0 Å². The maximum atomic E-state index is 9.78. The van der Waals surface area contributed by atoms with Crippen LogP contribution in [0.15, 0.2) is 24.3 Å². The minimum Gasteiger partial charge on any atom is -0.390 e. The molecule has 0 radical (unpaired) electrons. The second kappa shape index (κ2) is 6.14. The monoisotopic (exact) mass is 262 g/mol. The van der Waals surface area contributed by atoms with Crippen molar-refractivity contribution in [2.24, 2.45) is 7.05 Å². The number of aromatic nitrogens is 2. The molecule has 0 spiro atoms. The van der Waals surface area contributed by atoms with Crippen LogP contribution in [0.4, 0.5) is 0 Å². The van der Waals surface area contributed by atoms with E-state index in [2.05, 4.69) is 20.9 Å². The van der Waals surface area contributed by atoms with Gasteiger partial charge < -0.3 is 19.9 Å².